The minimum absolute atomic E-state index is 0.172. The minimum Gasteiger partial charge on any atom is -0.305 e. The Bertz CT molecular complexity index is 260. The van der Waals surface area contributed by atoms with Gasteiger partial charge in [0.1, 0.15) is 5.01 Å². The minimum atomic E-state index is 0.172. The lowest BCUT2D eigenvalue weighted by Gasteiger charge is -2.35. The molecule has 78 valence electrons. The van der Waals surface area contributed by atoms with Gasteiger partial charge in [-0.2, -0.15) is 11.8 Å². The predicted octanol–water partition coefficient (Wildman–Crippen LogP) is 2.47. The maximum Gasteiger partial charge on any atom is 0.113 e. The number of hydrogen-bond donors (Lipinski definition) is 1. The van der Waals surface area contributed by atoms with Crippen molar-refractivity contribution in [1.29, 1.82) is 0 Å². The molecule has 14 heavy (non-hydrogen) atoms. The van der Waals surface area contributed by atoms with Crippen LogP contribution < -0.4 is 5.32 Å². The molecule has 0 spiro atoms. The molecule has 1 unspecified atom stereocenters. The summed E-state index contributed by atoms with van der Waals surface area (Å²) in [5.74, 6) is 2.48. The van der Waals surface area contributed by atoms with Crippen molar-refractivity contribution < 1.29 is 0 Å². The van der Waals surface area contributed by atoms with Gasteiger partial charge in [0.2, 0.25) is 0 Å². The van der Waals surface area contributed by atoms with Gasteiger partial charge in [0.25, 0.3) is 0 Å². The van der Waals surface area contributed by atoms with Crippen LogP contribution in [-0.4, -0.2) is 23.0 Å². The van der Waals surface area contributed by atoms with Crippen LogP contribution in [0.4, 0.5) is 0 Å². The average molecular weight is 228 g/mol. The molecule has 1 N–H and O–H groups in total. The Kier molecular flexibility index (Phi) is 3.47. The molecular weight excluding hydrogens is 212 g/mol. The molecule has 1 fully saturated rings. The third kappa shape index (κ3) is 1.97. The van der Waals surface area contributed by atoms with E-state index < -0.39 is 0 Å². The molecule has 1 saturated heterocycles. The molecule has 1 aliphatic rings. The molecule has 1 aromatic heterocycles. The van der Waals surface area contributed by atoms with Crippen molar-refractivity contribution in [3.63, 3.8) is 0 Å². The summed E-state index contributed by atoms with van der Waals surface area (Å²) in [6.07, 6.45) is 4.46. The Hall–Kier alpha value is -0.0600. The van der Waals surface area contributed by atoms with Gasteiger partial charge in [-0.3, -0.25) is 0 Å². The molecule has 0 aromatic carbocycles. The van der Waals surface area contributed by atoms with Crippen molar-refractivity contribution in [3.05, 3.63) is 16.6 Å². The van der Waals surface area contributed by atoms with Gasteiger partial charge in [0.15, 0.2) is 0 Å². The van der Waals surface area contributed by atoms with Crippen LogP contribution in [0.1, 0.15) is 24.8 Å². The highest BCUT2D eigenvalue weighted by Gasteiger charge is 2.35. The summed E-state index contributed by atoms with van der Waals surface area (Å²) in [7, 11) is 0. The second-order valence-corrected chi connectivity index (χ2v) is 5.61. The van der Waals surface area contributed by atoms with Gasteiger partial charge in [-0.05, 0) is 25.1 Å². The van der Waals surface area contributed by atoms with Crippen molar-refractivity contribution in [3.8, 4) is 0 Å². The summed E-state index contributed by atoms with van der Waals surface area (Å²) in [5, 5.41) is 6.97. The van der Waals surface area contributed by atoms with Crippen LogP contribution in [0.3, 0.4) is 0 Å². The molecule has 1 aromatic rings. The second kappa shape index (κ2) is 4.64. The standard InChI is InChI=1S/C10H16N2S2/c1-2-12-10(4-3-6-13-8-10)9-11-5-7-14-9/h5,7,12H,2-4,6,8H2,1H3. The van der Waals surface area contributed by atoms with E-state index in [1.54, 1.807) is 11.3 Å². The smallest absolute Gasteiger partial charge is 0.113 e. The summed E-state index contributed by atoms with van der Waals surface area (Å²) in [6.45, 7) is 3.20. The fraction of sp³-hybridized carbons (Fsp3) is 0.700. The number of thioether (sulfide) groups is 1. The quantitative estimate of drug-likeness (QED) is 0.860. The Morgan fingerprint density at radius 3 is 3.14 bits per heavy atom. The molecular formula is C10H16N2S2. The lowest BCUT2D eigenvalue weighted by atomic mass is 9.96. The van der Waals surface area contributed by atoms with Gasteiger partial charge in [0.05, 0.1) is 5.54 Å². The molecule has 4 heteroatoms. The van der Waals surface area contributed by atoms with Crippen LogP contribution in [0.2, 0.25) is 0 Å². The zero-order chi connectivity index (χ0) is 9.86. The fourth-order valence-electron chi connectivity index (χ4n) is 1.98. The van der Waals surface area contributed by atoms with E-state index in [2.05, 4.69) is 22.6 Å². The van der Waals surface area contributed by atoms with Crippen molar-refractivity contribution >= 4 is 23.1 Å². The molecule has 0 aliphatic carbocycles. The zero-order valence-electron chi connectivity index (χ0n) is 8.45. The maximum absolute atomic E-state index is 4.47. The van der Waals surface area contributed by atoms with Gasteiger partial charge >= 0.3 is 0 Å². The molecule has 1 atom stereocenters. The number of nitrogens with one attached hydrogen (secondary N) is 1. The molecule has 0 amide bonds. The van der Waals surface area contributed by atoms with Crippen LogP contribution in [0, 0.1) is 0 Å². The summed E-state index contributed by atoms with van der Waals surface area (Å²) in [6, 6.07) is 0. The lowest BCUT2D eigenvalue weighted by Crippen LogP contribution is -2.46. The summed E-state index contributed by atoms with van der Waals surface area (Å²) >= 11 is 3.83. The van der Waals surface area contributed by atoms with E-state index in [1.165, 1.54) is 29.4 Å². The summed E-state index contributed by atoms with van der Waals surface area (Å²) < 4.78 is 0. The van der Waals surface area contributed by atoms with E-state index in [0.29, 0.717) is 0 Å². The maximum atomic E-state index is 4.47. The van der Waals surface area contributed by atoms with Crippen LogP contribution in [0.15, 0.2) is 11.6 Å². The van der Waals surface area contributed by atoms with Crippen LogP contribution >= 0.6 is 23.1 Å². The number of hydrogen-bond acceptors (Lipinski definition) is 4. The van der Waals surface area contributed by atoms with Crippen molar-refractivity contribution in [2.24, 2.45) is 0 Å². The first-order valence-electron chi connectivity index (χ1n) is 5.10. The van der Waals surface area contributed by atoms with E-state index >= 15 is 0 Å². The fourth-order valence-corrected chi connectivity index (χ4v) is 4.14. The SMILES string of the molecule is CCNC1(c2nccs2)CCCSC1. The Morgan fingerprint density at radius 2 is 2.57 bits per heavy atom. The normalized spacial score (nSPS) is 27.8. The molecule has 0 bridgehead atoms. The zero-order valence-corrected chi connectivity index (χ0v) is 10.1. The molecule has 2 nitrogen and oxygen atoms in total. The van der Waals surface area contributed by atoms with Crippen LogP contribution in [0.25, 0.3) is 0 Å². The lowest BCUT2D eigenvalue weighted by molar-refractivity contribution is 0.345. The monoisotopic (exact) mass is 228 g/mol. The Morgan fingerprint density at radius 1 is 1.64 bits per heavy atom. The predicted molar refractivity (Wildman–Crippen MR) is 64.0 cm³/mol. The highest BCUT2D eigenvalue weighted by Crippen LogP contribution is 2.36. The average Bonchev–Trinajstić information content (AvgIpc) is 2.73. The van der Waals surface area contributed by atoms with E-state index in [-0.39, 0.29) is 5.54 Å². The number of nitrogens with zero attached hydrogens (tertiary/aromatic N) is 1. The first-order chi connectivity index (χ1) is 6.87. The first kappa shape index (κ1) is 10.5. The highest BCUT2D eigenvalue weighted by atomic mass is 32.2. The summed E-state index contributed by atoms with van der Waals surface area (Å²) in [5.41, 5.74) is 0.172. The third-order valence-electron chi connectivity index (χ3n) is 2.60. The van der Waals surface area contributed by atoms with Gasteiger partial charge in [-0.15, -0.1) is 11.3 Å². The Balaban J connectivity index is 2.20. The van der Waals surface area contributed by atoms with Gasteiger partial charge in [0, 0.05) is 17.3 Å². The van der Waals surface area contributed by atoms with Gasteiger partial charge < -0.3 is 5.32 Å². The van der Waals surface area contributed by atoms with Crippen LogP contribution in [0.5, 0.6) is 0 Å². The summed E-state index contributed by atoms with van der Waals surface area (Å²) in [4.78, 5) is 4.47. The van der Waals surface area contributed by atoms with Crippen molar-refractivity contribution in [1.82, 2.24) is 10.3 Å². The first-order valence-corrected chi connectivity index (χ1v) is 7.13. The molecule has 0 radical (unpaired) electrons. The topological polar surface area (TPSA) is 24.9 Å². The molecule has 1 aliphatic heterocycles. The molecule has 2 heterocycles. The molecule has 0 saturated carbocycles. The van der Waals surface area contributed by atoms with E-state index in [0.717, 1.165) is 6.54 Å². The van der Waals surface area contributed by atoms with Crippen LogP contribution in [-0.2, 0) is 5.54 Å². The largest absolute Gasteiger partial charge is 0.305 e. The second-order valence-electron chi connectivity index (χ2n) is 3.61. The third-order valence-corrected chi connectivity index (χ3v) is 4.85. The highest BCUT2D eigenvalue weighted by molar-refractivity contribution is 7.99. The van der Waals surface area contributed by atoms with Gasteiger partial charge in [-0.25, -0.2) is 4.98 Å². The Labute approximate surface area is 93.5 Å². The number of rotatable bonds is 3. The van der Waals surface area contributed by atoms with E-state index in [1.807, 2.05) is 18.0 Å². The van der Waals surface area contributed by atoms with Crippen molar-refractivity contribution in [2.45, 2.75) is 25.3 Å². The van der Waals surface area contributed by atoms with Crippen molar-refractivity contribution in [2.75, 3.05) is 18.1 Å². The van der Waals surface area contributed by atoms with Gasteiger partial charge in [-0.1, -0.05) is 6.92 Å². The number of aromatic nitrogens is 1. The van der Waals surface area contributed by atoms with E-state index in [9.17, 15) is 0 Å². The van der Waals surface area contributed by atoms with E-state index in [4.69, 9.17) is 0 Å². The number of thiazole rings is 1. The molecule has 2 rings (SSSR count).